The zero-order valence-electron chi connectivity index (χ0n) is 10.8. The molecule has 0 aliphatic rings. The van der Waals surface area contributed by atoms with Crippen LogP contribution in [0.1, 0.15) is 23.7 Å². The number of amides is 1. The fourth-order valence-corrected chi connectivity index (χ4v) is 1.59. The Balaban J connectivity index is 2.85. The molecule has 1 amide bonds. The van der Waals surface area contributed by atoms with Gasteiger partial charge in [0, 0.05) is 6.54 Å². The van der Waals surface area contributed by atoms with Crippen LogP contribution in [-0.4, -0.2) is 32.0 Å². The van der Waals surface area contributed by atoms with Crippen molar-refractivity contribution in [2.45, 2.75) is 18.7 Å². The zero-order valence-corrected chi connectivity index (χ0v) is 11.6. The Morgan fingerprint density at radius 2 is 2.11 bits per heavy atom. The van der Waals surface area contributed by atoms with Gasteiger partial charge in [-0.2, -0.15) is 0 Å². The predicted molar refractivity (Wildman–Crippen MR) is 71.8 cm³/mol. The highest BCUT2D eigenvalue weighted by atomic mass is 35.5. The molecular formula is C13H18ClNO3. The Bertz CT molecular complexity index is 409. The number of rotatable bonds is 6. The lowest BCUT2D eigenvalue weighted by atomic mass is 10.1. The van der Waals surface area contributed by atoms with Crippen molar-refractivity contribution in [1.82, 2.24) is 5.32 Å². The van der Waals surface area contributed by atoms with Crippen molar-refractivity contribution in [3.05, 3.63) is 23.8 Å². The highest BCUT2D eigenvalue weighted by Gasteiger charge is 2.16. The van der Waals surface area contributed by atoms with Crippen molar-refractivity contribution in [2.24, 2.45) is 0 Å². The second-order valence-electron chi connectivity index (χ2n) is 3.76. The molecule has 0 saturated carbocycles. The number of hydrogen-bond acceptors (Lipinski definition) is 3. The SMILES string of the molecule is CCC(Cl)CNC(=O)c1cccc(OC)c1OC. The fourth-order valence-electron chi connectivity index (χ4n) is 1.51. The Morgan fingerprint density at radius 3 is 2.67 bits per heavy atom. The fraction of sp³-hybridized carbons (Fsp3) is 0.462. The number of benzene rings is 1. The Morgan fingerprint density at radius 1 is 1.39 bits per heavy atom. The van der Waals surface area contributed by atoms with E-state index in [9.17, 15) is 4.79 Å². The topological polar surface area (TPSA) is 47.6 Å². The van der Waals surface area contributed by atoms with E-state index in [1.165, 1.54) is 14.2 Å². The number of carbonyl (C=O) groups excluding carboxylic acids is 1. The monoisotopic (exact) mass is 271 g/mol. The molecule has 1 unspecified atom stereocenters. The predicted octanol–water partition coefficient (Wildman–Crippen LogP) is 2.45. The van der Waals surface area contributed by atoms with Gasteiger partial charge in [-0.1, -0.05) is 13.0 Å². The van der Waals surface area contributed by atoms with Crippen molar-refractivity contribution < 1.29 is 14.3 Å². The lowest BCUT2D eigenvalue weighted by Gasteiger charge is -2.13. The van der Waals surface area contributed by atoms with Gasteiger partial charge in [0.2, 0.25) is 0 Å². The second-order valence-corrected chi connectivity index (χ2v) is 4.37. The van der Waals surface area contributed by atoms with Crippen LogP contribution in [0, 0.1) is 0 Å². The number of methoxy groups -OCH3 is 2. The number of hydrogen-bond donors (Lipinski definition) is 1. The van der Waals surface area contributed by atoms with Gasteiger partial charge in [-0.3, -0.25) is 4.79 Å². The van der Waals surface area contributed by atoms with Crippen molar-refractivity contribution in [1.29, 1.82) is 0 Å². The molecule has 1 rings (SSSR count). The molecule has 1 atom stereocenters. The largest absolute Gasteiger partial charge is 0.493 e. The summed E-state index contributed by atoms with van der Waals surface area (Å²) in [6, 6.07) is 5.17. The highest BCUT2D eigenvalue weighted by molar-refractivity contribution is 6.20. The van der Waals surface area contributed by atoms with Gasteiger partial charge in [0.25, 0.3) is 5.91 Å². The Kier molecular flexibility index (Phi) is 5.78. The highest BCUT2D eigenvalue weighted by Crippen LogP contribution is 2.30. The summed E-state index contributed by atoms with van der Waals surface area (Å²) in [5.74, 6) is 0.744. The minimum absolute atomic E-state index is 0.0643. The molecule has 0 spiro atoms. The molecule has 1 aromatic rings. The summed E-state index contributed by atoms with van der Waals surface area (Å²) in [6.07, 6.45) is 0.803. The van der Waals surface area contributed by atoms with Gasteiger partial charge in [-0.25, -0.2) is 0 Å². The third-order valence-electron chi connectivity index (χ3n) is 2.57. The van der Waals surface area contributed by atoms with Gasteiger partial charge in [0.15, 0.2) is 11.5 Å². The van der Waals surface area contributed by atoms with Gasteiger partial charge >= 0.3 is 0 Å². The molecule has 5 heteroatoms. The van der Waals surface area contributed by atoms with E-state index >= 15 is 0 Å². The molecule has 0 fully saturated rings. The van der Waals surface area contributed by atoms with E-state index in [0.29, 0.717) is 23.6 Å². The lowest BCUT2D eigenvalue weighted by Crippen LogP contribution is -2.29. The van der Waals surface area contributed by atoms with Crippen molar-refractivity contribution in [3.8, 4) is 11.5 Å². The number of alkyl halides is 1. The third kappa shape index (κ3) is 3.53. The maximum absolute atomic E-state index is 12.0. The Hall–Kier alpha value is -1.42. The normalized spacial score (nSPS) is 11.8. The summed E-state index contributed by atoms with van der Waals surface area (Å²) < 4.78 is 10.3. The molecule has 0 saturated heterocycles. The zero-order chi connectivity index (χ0) is 13.5. The number of para-hydroxylation sites is 1. The van der Waals surface area contributed by atoms with Crippen LogP contribution < -0.4 is 14.8 Å². The van der Waals surface area contributed by atoms with Crippen molar-refractivity contribution in [3.63, 3.8) is 0 Å². The summed E-state index contributed by atoms with van der Waals surface area (Å²) in [4.78, 5) is 12.0. The number of ether oxygens (including phenoxy) is 2. The maximum atomic E-state index is 12.0. The van der Waals surface area contributed by atoms with Gasteiger partial charge < -0.3 is 14.8 Å². The lowest BCUT2D eigenvalue weighted by molar-refractivity contribution is 0.0949. The number of carbonyl (C=O) groups is 1. The summed E-state index contributed by atoms with van der Waals surface area (Å²) in [6.45, 7) is 2.40. The minimum atomic E-state index is -0.218. The van der Waals surface area contributed by atoms with E-state index in [-0.39, 0.29) is 11.3 Å². The van der Waals surface area contributed by atoms with Crippen LogP contribution >= 0.6 is 11.6 Å². The third-order valence-corrected chi connectivity index (χ3v) is 3.04. The molecule has 0 aromatic heterocycles. The van der Waals surface area contributed by atoms with E-state index in [1.807, 2.05) is 6.92 Å². The van der Waals surface area contributed by atoms with Crippen LogP contribution in [-0.2, 0) is 0 Å². The van der Waals surface area contributed by atoms with Gasteiger partial charge in [0.1, 0.15) is 0 Å². The quantitative estimate of drug-likeness (QED) is 0.809. The van der Waals surface area contributed by atoms with Crippen LogP contribution in [0.15, 0.2) is 18.2 Å². The molecule has 100 valence electrons. The van der Waals surface area contributed by atoms with Crippen LogP contribution in [0.25, 0.3) is 0 Å². The van der Waals surface area contributed by atoms with Gasteiger partial charge in [-0.05, 0) is 18.6 Å². The summed E-state index contributed by atoms with van der Waals surface area (Å²) in [7, 11) is 3.04. The standard InChI is InChI=1S/C13H18ClNO3/c1-4-9(14)8-15-13(16)10-6-5-7-11(17-2)12(10)18-3/h5-7,9H,4,8H2,1-3H3,(H,15,16). The van der Waals surface area contributed by atoms with Crippen LogP contribution in [0.5, 0.6) is 11.5 Å². The molecule has 0 heterocycles. The smallest absolute Gasteiger partial charge is 0.255 e. The molecular weight excluding hydrogens is 254 g/mol. The summed E-state index contributed by atoms with van der Waals surface area (Å²) >= 11 is 5.96. The summed E-state index contributed by atoms with van der Waals surface area (Å²) in [5, 5.41) is 2.70. The van der Waals surface area contributed by atoms with E-state index in [2.05, 4.69) is 5.32 Å². The molecule has 18 heavy (non-hydrogen) atoms. The van der Waals surface area contributed by atoms with Gasteiger partial charge in [0.05, 0.1) is 25.2 Å². The average molecular weight is 272 g/mol. The molecule has 0 aliphatic heterocycles. The second kappa shape index (κ2) is 7.11. The number of halogens is 1. The van der Waals surface area contributed by atoms with E-state index < -0.39 is 0 Å². The van der Waals surface area contributed by atoms with Crippen LogP contribution in [0.4, 0.5) is 0 Å². The maximum Gasteiger partial charge on any atom is 0.255 e. The Labute approximate surface area is 112 Å². The molecule has 0 aliphatic carbocycles. The molecule has 0 bridgehead atoms. The van der Waals surface area contributed by atoms with E-state index in [0.717, 1.165) is 6.42 Å². The van der Waals surface area contributed by atoms with Gasteiger partial charge in [-0.15, -0.1) is 11.6 Å². The average Bonchev–Trinajstić information content (AvgIpc) is 2.42. The molecule has 0 radical (unpaired) electrons. The minimum Gasteiger partial charge on any atom is -0.493 e. The van der Waals surface area contributed by atoms with Crippen molar-refractivity contribution >= 4 is 17.5 Å². The van der Waals surface area contributed by atoms with Crippen LogP contribution in [0.2, 0.25) is 0 Å². The molecule has 4 nitrogen and oxygen atoms in total. The molecule has 1 aromatic carbocycles. The van der Waals surface area contributed by atoms with Crippen molar-refractivity contribution in [2.75, 3.05) is 20.8 Å². The van der Waals surface area contributed by atoms with E-state index in [4.69, 9.17) is 21.1 Å². The molecule has 1 N–H and O–H groups in total. The first-order valence-electron chi connectivity index (χ1n) is 5.77. The first-order valence-corrected chi connectivity index (χ1v) is 6.20. The first kappa shape index (κ1) is 14.6. The number of nitrogens with one attached hydrogen (secondary N) is 1. The summed E-state index contributed by atoms with van der Waals surface area (Å²) in [5.41, 5.74) is 0.441. The van der Waals surface area contributed by atoms with Crippen LogP contribution in [0.3, 0.4) is 0 Å². The van der Waals surface area contributed by atoms with E-state index in [1.54, 1.807) is 18.2 Å². The first-order chi connectivity index (χ1) is 8.63.